The number of likely N-dealkylation sites (tertiary alicyclic amines) is 1. The highest BCUT2D eigenvalue weighted by Crippen LogP contribution is 2.20. The summed E-state index contributed by atoms with van der Waals surface area (Å²) in [5.41, 5.74) is 3.24. The zero-order valence-electron chi connectivity index (χ0n) is 13.1. The molecule has 0 unspecified atom stereocenters. The van der Waals surface area contributed by atoms with Crippen LogP contribution < -0.4 is 0 Å². The molecule has 0 radical (unpaired) electrons. The summed E-state index contributed by atoms with van der Waals surface area (Å²) in [6, 6.07) is 6.14. The zero-order valence-corrected chi connectivity index (χ0v) is 13.1. The fraction of sp³-hybridized carbons (Fsp3) is 0.611. The first-order valence-electron chi connectivity index (χ1n) is 7.92. The second-order valence-corrected chi connectivity index (χ2v) is 6.24. The van der Waals surface area contributed by atoms with E-state index in [-0.39, 0.29) is 5.78 Å². The SMILES string of the molecule is CCC1CCN(CCC(=O)c2cc(C)cc(C)c2)CC1. The Bertz CT molecular complexity index is 438. The van der Waals surface area contributed by atoms with Gasteiger partial charge in [-0.15, -0.1) is 0 Å². The predicted molar refractivity (Wildman–Crippen MR) is 84.3 cm³/mol. The normalized spacial score (nSPS) is 17.4. The smallest absolute Gasteiger partial charge is 0.164 e. The van der Waals surface area contributed by atoms with Gasteiger partial charge in [0.05, 0.1) is 0 Å². The third-order valence-electron chi connectivity index (χ3n) is 4.48. The van der Waals surface area contributed by atoms with Gasteiger partial charge in [0.15, 0.2) is 5.78 Å². The third kappa shape index (κ3) is 4.17. The summed E-state index contributed by atoms with van der Waals surface area (Å²) in [6.07, 6.45) is 4.55. The molecule has 0 aromatic heterocycles. The van der Waals surface area contributed by atoms with Crippen molar-refractivity contribution in [3.05, 3.63) is 34.9 Å². The van der Waals surface area contributed by atoms with Crippen LogP contribution in [0.2, 0.25) is 0 Å². The lowest BCUT2D eigenvalue weighted by atomic mass is 9.94. The quantitative estimate of drug-likeness (QED) is 0.756. The first kappa shape index (κ1) is 15.2. The first-order chi connectivity index (χ1) is 9.58. The molecule has 0 atom stereocenters. The maximum atomic E-state index is 12.3. The number of hydrogen-bond donors (Lipinski definition) is 0. The fourth-order valence-electron chi connectivity index (χ4n) is 3.16. The lowest BCUT2D eigenvalue weighted by Crippen LogP contribution is -2.35. The molecule has 0 amide bonds. The number of piperidine rings is 1. The molecule has 1 aliphatic rings. The molecule has 1 heterocycles. The molecule has 1 saturated heterocycles. The van der Waals surface area contributed by atoms with Crippen molar-refractivity contribution in [1.29, 1.82) is 0 Å². The molecule has 2 nitrogen and oxygen atoms in total. The van der Waals surface area contributed by atoms with Crippen molar-refractivity contribution in [3.8, 4) is 0 Å². The highest BCUT2D eigenvalue weighted by Gasteiger charge is 2.18. The molecule has 20 heavy (non-hydrogen) atoms. The molecule has 110 valence electrons. The van der Waals surface area contributed by atoms with E-state index in [0.717, 1.165) is 18.0 Å². The van der Waals surface area contributed by atoms with E-state index in [2.05, 4.69) is 31.7 Å². The summed E-state index contributed by atoms with van der Waals surface area (Å²) >= 11 is 0. The van der Waals surface area contributed by atoms with Gasteiger partial charge in [-0.2, -0.15) is 0 Å². The number of carbonyl (C=O) groups is 1. The highest BCUT2D eigenvalue weighted by atomic mass is 16.1. The van der Waals surface area contributed by atoms with E-state index in [0.29, 0.717) is 6.42 Å². The van der Waals surface area contributed by atoms with Crippen LogP contribution in [-0.2, 0) is 0 Å². The molecule has 1 aliphatic heterocycles. The van der Waals surface area contributed by atoms with Gasteiger partial charge in [-0.25, -0.2) is 0 Å². The van der Waals surface area contributed by atoms with Gasteiger partial charge in [-0.1, -0.05) is 30.5 Å². The summed E-state index contributed by atoms with van der Waals surface area (Å²) < 4.78 is 0. The number of carbonyl (C=O) groups excluding carboxylic acids is 1. The Morgan fingerprint density at radius 1 is 1.15 bits per heavy atom. The van der Waals surface area contributed by atoms with E-state index in [1.54, 1.807) is 0 Å². The van der Waals surface area contributed by atoms with Crippen LogP contribution in [0.4, 0.5) is 0 Å². The summed E-state index contributed by atoms with van der Waals surface area (Å²) in [7, 11) is 0. The maximum Gasteiger partial charge on any atom is 0.164 e. The maximum absolute atomic E-state index is 12.3. The molecule has 1 aromatic rings. The van der Waals surface area contributed by atoms with Crippen LogP contribution in [0.1, 0.15) is 54.1 Å². The monoisotopic (exact) mass is 273 g/mol. The van der Waals surface area contributed by atoms with Crippen molar-refractivity contribution in [1.82, 2.24) is 4.90 Å². The van der Waals surface area contributed by atoms with Crippen LogP contribution in [-0.4, -0.2) is 30.3 Å². The molecule has 0 bridgehead atoms. The number of nitrogens with zero attached hydrogens (tertiary/aromatic N) is 1. The second kappa shape index (κ2) is 7.03. The molecule has 0 N–H and O–H groups in total. The average molecular weight is 273 g/mol. The lowest BCUT2D eigenvalue weighted by molar-refractivity contribution is 0.0950. The Morgan fingerprint density at radius 3 is 2.30 bits per heavy atom. The Hall–Kier alpha value is -1.15. The predicted octanol–water partition coefficient (Wildman–Crippen LogP) is 4.00. The minimum absolute atomic E-state index is 0.286. The zero-order chi connectivity index (χ0) is 14.5. The van der Waals surface area contributed by atoms with Crippen molar-refractivity contribution < 1.29 is 4.79 Å². The molecule has 0 aliphatic carbocycles. The summed E-state index contributed by atoms with van der Waals surface area (Å²) in [4.78, 5) is 14.7. The molecule has 1 fully saturated rings. The van der Waals surface area contributed by atoms with E-state index in [4.69, 9.17) is 0 Å². The van der Waals surface area contributed by atoms with E-state index >= 15 is 0 Å². The van der Waals surface area contributed by atoms with Gasteiger partial charge >= 0.3 is 0 Å². The minimum atomic E-state index is 0.286. The largest absolute Gasteiger partial charge is 0.303 e. The van der Waals surface area contributed by atoms with Crippen LogP contribution >= 0.6 is 0 Å². The van der Waals surface area contributed by atoms with Crippen molar-refractivity contribution in [3.63, 3.8) is 0 Å². The van der Waals surface area contributed by atoms with E-state index in [1.807, 2.05) is 12.1 Å². The van der Waals surface area contributed by atoms with Gasteiger partial charge in [0, 0.05) is 18.5 Å². The van der Waals surface area contributed by atoms with E-state index in [1.165, 1.54) is 43.5 Å². The number of rotatable bonds is 5. The fourth-order valence-corrected chi connectivity index (χ4v) is 3.16. The Morgan fingerprint density at radius 2 is 1.75 bits per heavy atom. The summed E-state index contributed by atoms with van der Waals surface area (Å²) in [5.74, 6) is 1.19. The van der Waals surface area contributed by atoms with E-state index < -0.39 is 0 Å². The summed E-state index contributed by atoms with van der Waals surface area (Å²) in [5, 5.41) is 0. The lowest BCUT2D eigenvalue weighted by Gasteiger charge is -2.31. The van der Waals surface area contributed by atoms with Crippen LogP contribution in [0.15, 0.2) is 18.2 Å². The number of aryl methyl sites for hydroxylation is 2. The average Bonchev–Trinajstić information content (AvgIpc) is 2.44. The highest BCUT2D eigenvalue weighted by molar-refractivity contribution is 5.96. The molecule has 2 rings (SSSR count). The Labute approximate surface area is 123 Å². The number of hydrogen-bond acceptors (Lipinski definition) is 2. The molecule has 1 aromatic carbocycles. The standard InChI is InChI=1S/C18H27NO/c1-4-16-5-8-19(9-6-16)10-7-18(20)17-12-14(2)11-15(3)13-17/h11-13,16H,4-10H2,1-3H3. The topological polar surface area (TPSA) is 20.3 Å². The molecular formula is C18H27NO. The van der Waals surface area contributed by atoms with E-state index in [9.17, 15) is 4.79 Å². The Kier molecular flexibility index (Phi) is 5.36. The van der Waals surface area contributed by atoms with Crippen molar-refractivity contribution in [2.24, 2.45) is 5.92 Å². The number of benzene rings is 1. The minimum Gasteiger partial charge on any atom is -0.303 e. The van der Waals surface area contributed by atoms with Crippen molar-refractivity contribution in [2.75, 3.05) is 19.6 Å². The van der Waals surface area contributed by atoms with Crippen LogP contribution in [0.25, 0.3) is 0 Å². The van der Waals surface area contributed by atoms with Crippen molar-refractivity contribution >= 4 is 5.78 Å². The summed E-state index contributed by atoms with van der Waals surface area (Å²) in [6.45, 7) is 9.64. The van der Waals surface area contributed by atoms with Gasteiger partial charge < -0.3 is 4.90 Å². The molecule has 0 spiro atoms. The van der Waals surface area contributed by atoms with Gasteiger partial charge in [-0.05, 0) is 57.8 Å². The molecular weight excluding hydrogens is 246 g/mol. The number of Topliss-reactive ketones (excluding diaryl/α,β-unsaturated/α-hetero) is 1. The van der Waals surface area contributed by atoms with Gasteiger partial charge in [0.1, 0.15) is 0 Å². The van der Waals surface area contributed by atoms with Crippen LogP contribution in [0.5, 0.6) is 0 Å². The third-order valence-corrected chi connectivity index (χ3v) is 4.48. The van der Waals surface area contributed by atoms with Gasteiger partial charge in [0.2, 0.25) is 0 Å². The van der Waals surface area contributed by atoms with Gasteiger partial charge in [-0.3, -0.25) is 4.79 Å². The Balaban J connectivity index is 1.83. The first-order valence-corrected chi connectivity index (χ1v) is 7.92. The molecule has 2 heteroatoms. The number of ketones is 1. The second-order valence-electron chi connectivity index (χ2n) is 6.24. The van der Waals surface area contributed by atoms with Crippen LogP contribution in [0, 0.1) is 19.8 Å². The van der Waals surface area contributed by atoms with Gasteiger partial charge in [0.25, 0.3) is 0 Å². The van der Waals surface area contributed by atoms with Crippen LogP contribution in [0.3, 0.4) is 0 Å². The van der Waals surface area contributed by atoms with Crippen molar-refractivity contribution in [2.45, 2.75) is 46.5 Å². The molecule has 0 saturated carbocycles.